The van der Waals surface area contributed by atoms with Gasteiger partial charge in [-0.05, 0) is 54.5 Å². The number of nitrogens with two attached hydrogens (primary N) is 1. The molecule has 0 saturated carbocycles. The van der Waals surface area contributed by atoms with E-state index < -0.39 is 52.1 Å². The second kappa shape index (κ2) is 15.5. The summed E-state index contributed by atoms with van der Waals surface area (Å²) in [5.74, 6) is 0.0411. The molecule has 0 aromatic heterocycles. The van der Waals surface area contributed by atoms with Gasteiger partial charge in [0, 0.05) is 20.1 Å². The number of methoxy groups -OCH3 is 1. The number of carbonyl (C=O) groups excluding carboxylic acids is 2. The fourth-order valence-corrected chi connectivity index (χ4v) is 7.56. The number of benzene rings is 2. The topological polar surface area (TPSA) is 179 Å². The van der Waals surface area contributed by atoms with Gasteiger partial charge < -0.3 is 40.4 Å². The molecule has 2 heterocycles. The van der Waals surface area contributed by atoms with Crippen molar-refractivity contribution in [1.82, 2.24) is 14.9 Å². The lowest BCUT2D eigenvalue weighted by atomic mass is 9.85. The number of fused-ring (bicyclic) bond motifs is 1. The van der Waals surface area contributed by atoms with E-state index in [-0.39, 0.29) is 49.3 Å². The van der Waals surface area contributed by atoms with Crippen LogP contribution in [0.3, 0.4) is 0 Å². The second-order valence-corrected chi connectivity index (χ2v) is 14.5. The van der Waals surface area contributed by atoms with Crippen molar-refractivity contribution in [2.75, 3.05) is 40.5 Å². The first kappa shape index (κ1) is 35.6. The lowest BCUT2D eigenvalue weighted by Crippen LogP contribution is -2.53. The number of carbonyl (C=O) groups is 2. The van der Waals surface area contributed by atoms with Crippen molar-refractivity contribution in [3.63, 3.8) is 0 Å². The number of amides is 2. The van der Waals surface area contributed by atoms with Gasteiger partial charge in [-0.2, -0.15) is 4.31 Å². The van der Waals surface area contributed by atoms with Crippen LogP contribution in [-0.4, -0.2) is 101 Å². The van der Waals surface area contributed by atoms with Crippen LogP contribution in [-0.2, 0) is 35.4 Å². The molecular formula is C32H46N4O9S. The minimum Gasteiger partial charge on any atom is -0.497 e. The van der Waals surface area contributed by atoms with Gasteiger partial charge in [0.15, 0.2) is 6.29 Å². The maximum atomic E-state index is 14.1. The highest BCUT2D eigenvalue weighted by Crippen LogP contribution is 2.33. The highest BCUT2D eigenvalue weighted by molar-refractivity contribution is 7.89. The molecule has 2 fully saturated rings. The van der Waals surface area contributed by atoms with E-state index in [1.54, 1.807) is 13.8 Å². The zero-order valence-corrected chi connectivity index (χ0v) is 27.6. The Labute approximate surface area is 270 Å². The molecule has 2 aromatic carbocycles. The lowest BCUT2D eigenvalue weighted by Gasteiger charge is -2.36. The number of ether oxygens (including phenoxy) is 4. The molecule has 1 unspecified atom stereocenters. The van der Waals surface area contributed by atoms with Crippen molar-refractivity contribution >= 4 is 22.0 Å². The largest absolute Gasteiger partial charge is 0.497 e. The molecule has 5 N–H and O–H groups in total. The van der Waals surface area contributed by atoms with Crippen LogP contribution in [0.4, 0.5) is 4.79 Å². The molecule has 2 saturated heterocycles. The van der Waals surface area contributed by atoms with Crippen molar-refractivity contribution in [3.8, 4) is 5.75 Å². The Balaban J connectivity index is 1.58. The van der Waals surface area contributed by atoms with E-state index in [2.05, 4.69) is 10.6 Å². The summed E-state index contributed by atoms with van der Waals surface area (Å²) in [7, 11) is -1.21. The third-order valence-corrected chi connectivity index (χ3v) is 10.2. The third kappa shape index (κ3) is 9.17. The zero-order chi connectivity index (χ0) is 33.5. The highest BCUT2D eigenvalue weighted by Gasteiger charge is 2.44. The summed E-state index contributed by atoms with van der Waals surface area (Å²) in [6, 6.07) is 13.4. The Kier molecular flexibility index (Phi) is 12.0. The average molecular weight is 663 g/mol. The first-order valence-electron chi connectivity index (χ1n) is 15.4. The standard InChI is InChI=1S/C32H46N4O9S/c1-32(2,17-25(33)29(38)34-3)20-36(46(40,41)23-12-10-22(42-4)11-13-23)18-27(37)26(16-21-8-6-5-7-9-21)35-31(39)45-28-19-44-30-24(28)14-15-43-30/h5-13,24-28,30,37H,14-20,33H2,1-4H3,(H,34,38)(H,35,39)/t24-,25?,26-,27-,28-,30+/m0/s1. The number of hydrogen-bond acceptors (Lipinski definition) is 10. The predicted molar refractivity (Wildman–Crippen MR) is 169 cm³/mol. The first-order chi connectivity index (χ1) is 21.8. The summed E-state index contributed by atoms with van der Waals surface area (Å²) in [4.78, 5) is 25.4. The van der Waals surface area contributed by atoms with Gasteiger partial charge in [-0.3, -0.25) is 4.79 Å². The molecule has 46 heavy (non-hydrogen) atoms. The van der Waals surface area contributed by atoms with E-state index in [4.69, 9.17) is 24.7 Å². The summed E-state index contributed by atoms with van der Waals surface area (Å²) in [6.45, 7) is 3.90. The number of aliphatic hydroxyl groups excluding tert-OH is 1. The van der Waals surface area contributed by atoms with Gasteiger partial charge in [0.05, 0.1) is 49.3 Å². The van der Waals surface area contributed by atoms with Gasteiger partial charge in [0.2, 0.25) is 15.9 Å². The zero-order valence-electron chi connectivity index (χ0n) is 26.8. The highest BCUT2D eigenvalue weighted by atomic mass is 32.2. The smallest absolute Gasteiger partial charge is 0.407 e. The maximum Gasteiger partial charge on any atom is 0.407 e. The molecule has 2 aliphatic rings. The molecule has 2 amide bonds. The normalized spacial score (nSPS) is 21.7. The molecule has 14 heteroatoms. The molecule has 0 radical (unpaired) electrons. The van der Waals surface area contributed by atoms with Gasteiger partial charge in [0.1, 0.15) is 11.9 Å². The Hall–Kier alpha value is -3.27. The molecule has 13 nitrogen and oxygen atoms in total. The minimum absolute atomic E-state index is 0.00607. The lowest BCUT2D eigenvalue weighted by molar-refractivity contribution is -0.122. The number of aliphatic hydroxyl groups is 1. The first-order valence-corrected chi connectivity index (χ1v) is 16.8. The van der Waals surface area contributed by atoms with Crippen LogP contribution in [0.25, 0.3) is 0 Å². The fraction of sp³-hybridized carbons (Fsp3) is 0.562. The van der Waals surface area contributed by atoms with Crippen molar-refractivity contribution in [2.45, 2.75) is 68.6 Å². The van der Waals surface area contributed by atoms with E-state index in [1.807, 2.05) is 30.3 Å². The third-order valence-electron chi connectivity index (χ3n) is 8.36. The Morgan fingerprint density at radius 1 is 1.13 bits per heavy atom. The van der Waals surface area contributed by atoms with Crippen molar-refractivity contribution in [2.24, 2.45) is 17.1 Å². The van der Waals surface area contributed by atoms with E-state index in [0.29, 0.717) is 18.8 Å². The van der Waals surface area contributed by atoms with E-state index in [0.717, 1.165) is 5.56 Å². The summed E-state index contributed by atoms with van der Waals surface area (Å²) < 4.78 is 51.4. The van der Waals surface area contributed by atoms with Crippen LogP contribution in [0.2, 0.25) is 0 Å². The number of rotatable bonds is 15. The summed E-state index contributed by atoms with van der Waals surface area (Å²) >= 11 is 0. The van der Waals surface area contributed by atoms with E-state index in [9.17, 15) is 23.1 Å². The van der Waals surface area contributed by atoms with Gasteiger partial charge in [-0.25, -0.2) is 13.2 Å². The minimum atomic E-state index is -4.18. The van der Waals surface area contributed by atoms with Gasteiger partial charge >= 0.3 is 6.09 Å². The SMILES string of the molecule is CNC(=O)C(N)CC(C)(C)CN(C[C@H](O)[C@H](Cc1ccccc1)NC(=O)O[C@H]1CO[C@H]2OCC[C@H]21)S(=O)(=O)c1ccc(OC)cc1. The Bertz CT molecular complexity index is 1410. The molecule has 0 spiro atoms. The van der Waals surface area contributed by atoms with Crippen LogP contribution in [0.5, 0.6) is 5.75 Å². The van der Waals surface area contributed by atoms with Gasteiger partial charge in [0.25, 0.3) is 0 Å². The van der Waals surface area contributed by atoms with Crippen LogP contribution in [0, 0.1) is 11.3 Å². The van der Waals surface area contributed by atoms with Gasteiger partial charge in [-0.1, -0.05) is 44.2 Å². The van der Waals surface area contributed by atoms with Gasteiger partial charge in [-0.15, -0.1) is 0 Å². The second-order valence-electron chi connectivity index (χ2n) is 12.5. The van der Waals surface area contributed by atoms with E-state index >= 15 is 0 Å². The van der Waals surface area contributed by atoms with Crippen LogP contribution in [0.15, 0.2) is 59.5 Å². The molecule has 6 atom stereocenters. The summed E-state index contributed by atoms with van der Waals surface area (Å²) in [5.41, 5.74) is 6.15. The van der Waals surface area contributed by atoms with Crippen LogP contribution < -0.4 is 21.1 Å². The number of hydrogen-bond donors (Lipinski definition) is 4. The monoisotopic (exact) mass is 662 g/mol. The predicted octanol–water partition coefficient (Wildman–Crippen LogP) is 1.64. The fourth-order valence-electron chi connectivity index (χ4n) is 5.92. The summed E-state index contributed by atoms with van der Waals surface area (Å²) in [5, 5.41) is 17.0. The number of nitrogens with zero attached hydrogens (tertiary/aromatic N) is 1. The molecule has 2 aliphatic heterocycles. The molecule has 4 rings (SSSR count). The number of sulfonamides is 1. The molecule has 2 aromatic rings. The maximum absolute atomic E-state index is 14.1. The Morgan fingerprint density at radius 3 is 2.48 bits per heavy atom. The van der Waals surface area contributed by atoms with Crippen LogP contribution in [0.1, 0.15) is 32.3 Å². The van der Waals surface area contributed by atoms with Crippen LogP contribution >= 0.6 is 0 Å². The van der Waals surface area contributed by atoms with Crippen molar-refractivity contribution in [3.05, 3.63) is 60.2 Å². The Morgan fingerprint density at radius 2 is 1.83 bits per heavy atom. The number of nitrogens with one attached hydrogen (secondary N) is 2. The molecule has 254 valence electrons. The molecular weight excluding hydrogens is 616 g/mol. The van der Waals surface area contributed by atoms with E-state index in [1.165, 1.54) is 42.7 Å². The quantitative estimate of drug-likeness (QED) is 0.219. The average Bonchev–Trinajstić information content (AvgIpc) is 3.65. The summed E-state index contributed by atoms with van der Waals surface area (Å²) in [6.07, 6.45) is -1.93. The van der Waals surface area contributed by atoms with Crippen molar-refractivity contribution < 1.29 is 42.1 Å². The molecule has 0 bridgehead atoms. The number of alkyl carbamates (subject to hydrolysis) is 1. The number of likely N-dealkylation sites (N-methyl/N-ethyl adjacent to an activating group) is 1. The van der Waals surface area contributed by atoms with Crippen molar-refractivity contribution in [1.29, 1.82) is 0 Å². The molecule has 0 aliphatic carbocycles.